The molecule has 1 aliphatic rings. The normalized spacial score (nSPS) is 18.2. The largest absolute Gasteiger partial charge is 0.459 e. The summed E-state index contributed by atoms with van der Waals surface area (Å²) < 4.78 is 22.1. The molecular formula is C23H19N5O11. The van der Waals surface area contributed by atoms with E-state index in [0.717, 1.165) is 24.3 Å². The SMILES string of the molecule is NC(=O)c1[nH]cnc1O[C@H]1C[C@H](OC(=O)c2ccc([N+](=O)[O-])cc2)[C@@H](COC(=O)c2ccc([N+](=O)[O-])cc2)O1. The van der Waals surface area contributed by atoms with Crippen LogP contribution in [0.25, 0.3) is 0 Å². The monoisotopic (exact) mass is 541 g/mol. The number of hydrogen-bond donors (Lipinski definition) is 2. The number of primary amides is 1. The van der Waals surface area contributed by atoms with Crippen LogP contribution in [-0.4, -0.2) is 62.8 Å². The van der Waals surface area contributed by atoms with E-state index in [1.54, 1.807) is 0 Å². The van der Waals surface area contributed by atoms with Crippen LogP contribution in [0.2, 0.25) is 0 Å². The van der Waals surface area contributed by atoms with Gasteiger partial charge >= 0.3 is 11.9 Å². The number of nitrogens with two attached hydrogens (primary N) is 1. The van der Waals surface area contributed by atoms with E-state index >= 15 is 0 Å². The lowest BCUT2D eigenvalue weighted by molar-refractivity contribution is -0.385. The molecule has 1 saturated heterocycles. The van der Waals surface area contributed by atoms with Crippen molar-refractivity contribution in [1.82, 2.24) is 9.97 Å². The van der Waals surface area contributed by atoms with Crippen LogP contribution in [0.5, 0.6) is 5.88 Å². The molecule has 1 fully saturated rings. The van der Waals surface area contributed by atoms with Crippen LogP contribution in [0.3, 0.4) is 0 Å². The number of imidazole rings is 1. The highest BCUT2D eigenvalue weighted by Gasteiger charge is 2.41. The van der Waals surface area contributed by atoms with E-state index in [1.165, 1.54) is 30.6 Å². The fraction of sp³-hybridized carbons (Fsp3) is 0.217. The summed E-state index contributed by atoms with van der Waals surface area (Å²) in [4.78, 5) is 63.6. The molecule has 0 saturated carbocycles. The minimum absolute atomic E-state index is 0.0231. The van der Waals surface area contributed by atoms with Gasteiger partial charge < -0.3 is 29.7 Å². The lowest BCUT2D eigenvalue weighted by atomic mass is 10.1. The zero-order valence-electron chi connectivity index (χ0n) is 19.8. The van der Waals surface area contributed by atoms with Crippen molar-refractivity contribution in [3.8, 4) is 5.88 Å². The molecule has 0 radical (unpaired) electrons. The van der Waals surface area contributed by atoms with Crippen molar-refractivity contribution >= 4 is 29.2 Å². The van der Waals surface area contributed by atoms with Gasteiger partial charge in [-0.25, -0.2) is 14.6 Å². The van der Waals surface area contributed by atoms with Crippen LogP contribution < -0.4 is 10.5 Å². The van der Waals surface area contributed by atoms with Crippen molar-refractivity contribution in [2.45, 2.75) is 24.9 Å². The summed E-state index contributed by atoms with van der Waals surface area (Å²) in [6.45, 7) is -0.406. The topological polar surface area (TPSA) is 229 Å². The van der Waals surface area contributed by atoms with Gasteiger partial charge in [0.15, 0.2) is 5.69 Å². The molecule has 3 aromatic rings. The van der Waals surface area contributed by atoms with Crippen molar-refractivity contribution in [3.63, 3.8) is 0 Å². The first-order valence-corrected chi connectivity index (χ1v) is 11.1. The number of nitro benzene ring substituents is 2. The Balaban J connectivity index is 1.46. The van der Waals surface area contributed by atoms with Gasteiger partial charge in [-0.1, -0.05) is 0 Å². The maximum atomic E-state index is 12.7. The van der Waals surface area contributed by atoms with Crippen LogP contribution in [0, 0.1) is 20.2 Å². The Morgan fingerprint density at radius 3 is 2.08 bits per heavy atom. The van der Waals surface area contributed by atoms with Gasteiger partial charge in [0.05, 0.1) is 33.7 Å². The molecule has 16 heteroatoms. The fourth-order valence-electron chi connectivity index (χ4n) is 3.58. The van der Waals surface area contributed by atoms with Gasteiger partial charge in [0.1, 0.15) is 18.8 Å². The van der Waals surface area contributed by atoms with Crippen molar-refractivity contribution in [3.05, 3.63) is 91.9 Å². The summed E-state index contributed by atoms with van der Waals surface area (Å²) in [6, 6.07) is 9.43. The van der Waals surface area contributed by atoms with Gasteiger partial charge in [0.25, 0.3) is 17.3 Å². The van der Waals surface area contributed by atoms with E-state index in [0.29, 0.717) is 0 Å². The Bertz CT molecular complexity index is 1400. The second-order valence-electron chi connectivity index (χ2n) is 8.05. The molecule has 1 aliphatic heterocycles. The average Bonchev–Trinajstić information content (AvgIpc) is 3.54. The first-order valence-electron chi connectivity index (χ1n) is 11.1. The summed E-state index contributed by atoms with van der Waals surface area (Å²) in [5.74, 6) is -2.64. The maximum absolute atomic E-state index is 12.7. The number of ether oxygens (including phenoxy) is 4. The van der Waals surface area contributed by atoms with Crippen molar-refractivity contribution in [1.29, 1.82) is 0 Å². The third-order valence-corrected chi connectivity index (χ3v) is 5.52. The van der Waals surface area contributed by atoms with E-state index in [1.807, 2.05) is 0 Å². The number of H-pyrrole nitrogens is 1. The molecule has 3 atom stereocenters. The Hall–Kier alpha value is -5.38. The molecule has 0 unspecified atom stereocenters. The highest BCUT2D eigenvalue weighted by Crippen LogP contribution is 2.28. The molecule has 39 heavy (non-hydrogen) atoms. The number of nitro groups is 2. The van der Waals surface area contributed by atoms with Crippen molar-refractivity contribution in [2.75, 3.05) is 6.61 Å². The van der Waals surface area contributed by atoms with E-state index in [9.17, 15) is 34.6 Å². The number of carbonyl (C=O) groups excluding carboxylic acids is 3. The number of nitrogens with zero attached hydrogens (tertiary/aromatic N) is 3. The quantitative estimate of drug-likeness (QED) is 0.213. The molecule has 2 heterocycles. The molecule has 4 rings (SSSR count). The van der Waals surface area contributed by atoms with Crippen molar-refractivity contribution < 1.29 is 43.2 Å². The third-order valence-electron chi connectivity index (χ3n) is 5.52. The van der Waals surface area contributed by atoms with Crippen LogP contribution in [0.15, 0.2) is 54.9 Å². The van der Waals surface area contributed by atoms with E-state index in [-0.39, 0.29) is 40.5 Å². The first kappa shape index (κ1) is 26.7. The molecule has 202 valence electrons. The number of carbonyl (C=O) groups is 3. The standard InChI is InChI=1S/C23H19N5O11/c24-20(29)19-21(26-11-25-19)39-18-9-16(38-23(31)13-3-7-15(8-4-13)28(34)35)17(37-18)10-36-22(30)12-1-5-14(6-2-12)27(32)33/h1-8,11,16-18H,9-10H2,(H2,24,29)(H,25,26)/t16-,17+,18-/m0/s1. The lowest BCUT2D eigenvalue weighted by Crippen LogP contribution is -2.32. The van der Waals surface area contributed by atoms with E-state index < -0.39 is 52.8 Å². The van der Waals surface area contributed by atoms with Gasteiger partial charge in [-0.15, -0.1) is 0 Å². The summed E-state index contributed by atoms with van der Waals surface area (Å²) >= 11 is 0. The number of aromatic amines is 1. The van der Waals surface area contributed by atoms with Gasteiger partial charge in [-0.3, -0.25) is 25.0 Å². The third kappa shape index (κ3) is 6.31. The first-order chi connectivity index (χ1) is 18.6. The zero-order chi connectivity index (χ0) is 28.1. The number of hydrogen-bond acceptors (Lipinski definition) is 12. The molecule has 1 amide bonds. The Morgan fingerprint density at radius 1 is 0.974 bits per heavy atom. The van der Waals surface area contributed by atoms with Crippen LogP contribution in [0.1, 0.15) is 37.6 Å². The molecule has 0 bridgehead atoms. The Morgan fingerprint density at radius 2 is 1.54 bits per heavy atom. The number of rotatable bonds is 10. The van der Waals surface area contributed by atoms with Gasteiger partial charge in [0.2, 0.25) is 12.2 Å². The minimum atomic E-state index is -1.09. The van der Waals surface area contributed by atoms with Crippen LogP contribution in [0.4, 0.5) is 11.4 Å². The average molecular weight is 541 g/mol. The van der Waals surface area contributed by atoms with Crippen LogP contribution in [-0.2, 0) is 14.2 Å². The van der Waals surface area contributed by atoms with Gasteiger partial charge in [-0.2, -0.15) is 0 Å². The number of amides is 1. The molecule has 16 nitrogen and oxygen atoms in total. The summed E-state index contributed by atoms with van der Waals surface area (Å²) in [6.07, 6.45) is -2.03. The number of nitrogens with one attached hydrogen (secondary N) is 1. The second-order valence-corrected chi connectivity index (χ2v) is 8.05. The zero-order valence-corrected chi connectivity index (χ0v) is 19.8. The number of non-ortho nitro benzene ring substituents is 2. The molecule has 1 aromatic heterocycles. The van der Waals surface area contributed by atoms with Gasteiger partial charge in [-0.05, 0) is 24.3 Å². The summed E-state index contributed by atoms with van der Waals surface area (Å²) in [5, 5.41) is 21.7. The summed E-state index contributed by atoms with van der Waals surface area (Å²) in [5.41, 5.74) is 4.78. The number of benzene rings is 2. The second kappa shape index (κ2) is 11.3. The minimum Gasteiger partial charge on any atom is -0.459 e. The predicted octanol–water partition coefficient (Wildman–Crippen LogP) is 1.90. The molecular weight excluding hydrogens is 522 g/mol. The van der Waals surface area contributed by atoms with E-state index in [4.69, 9.17) is 24.7 Å². The smallest absolute Gasteiger partial charge is 0.338 e. The summed E-state index contributed by atoms with van der Waals surface area (Å²) in [7, 11) is 0. The van der Waals surface area contributed by atoms with Gasteiger partial charge in [0, 0.05) is 24.3 Å². The lowest BCUT2D eigenvalue weighted by Gasteiger charge is -2.18. The fourth-order valence-corrected chi connectivity index (χ4v) is 3.58. The Labute approximate surface area is 217 Å². The highest BCUT2D eigenvalue weighted by atomic mass is 16.7. The molecule has 0 aliphatic carbocycles. The highest BCUT2D eigenvalue weighted by molar-refractivity contribution is 5.93. The molecule has 3 N–H and O–H groups in total. The number of esters is 2. The van der Waals surface area contributed by atoms with Crippen molar-refractivity contribution in [2.24, 2.45) is 5.73 Å². The number of aromatic nitrogens is 2. The van der Waals surface area contributed by atoms with Crippen LogP contribution >= 0.6 is 0 Å². The predicted molar refractivity (Wildman–Crippen MR) is 127 cm³/mol. The molecule has 2 aromatic carbocycles. The Kier molecular flexibility index (Phi) is 7.76. The molecule has 0 spiro atoms. The maximum Gasteiger partial charge on any atom is 0.338 e. The van der Waals surface area contributed by atoms with E-state index in [2.05, 4.69) is 9.97 Å².